The Morgan fingerprint density at radius 3 is 2.62 bits per heavy atom. The number of nitrogen functional groups attached to an aromatic ring is 1. The molecule has 0 bridgehead atoms. The first-order valence-corrected chi connectivity index (χ1v) is 4.50. The molecule has 0 radical (unpaired) electrons. The van der Waals surface area contributed by atoms with Gasteiger partial charge in [0.15, 0.2) is 0 Å². The fourth-order valence-corrected chi connectivity index (χ4v) is 1.45. The average molecular weight is 179 g/mol. The van der Waals surface area contributed by atoms with E-state index in [0.717, 1.165) is 23.5 Å². The van der Waals surface area contributed by atoms with Gasteiger partial charge in [0.1, 0.15) is 0 Å². The summed E-state index contributed by atoms with van der Waals surface area (Å²) in [5, 5.41) is 4.37. The van der Waals surface area contributed by atoms with Gasteiger partial charge in [-0.05, 0) is 27.2 Å². The van der Waals surface area contributed by atoms with Gasteiger partial charge in [-0.2, -0.15) is 5.10 Å². The van der Waals surface area contributed by atoms with Crippen molar-refractivity contribution < 1.29 is 0 Å². The molecule has 1 heterocycles. The van der Waals surface area contributed by atoms with Gasteiger partial charge in [0.05, 0.1) is 23.1 Å². The lowest BCUT2D eigenvalue weighted by molar-refractivity contribution is 0.483. The molecule has 0 spiro atoms. The first kappa shape index (κ1) is 9.84. The molecule has 0 aliphatic carbocycles. The second kappa shape index (κ2) is 3.64. The molecule has 0 fully saturated rings. The molecule has 0 amide bonds. The summed E-state index contributed by atoms with van der Waals surface area (Å²) < 4.78 is 1.96. The number of nitrogens with two attached hydrogens (primary N) is 1. The minimum absolute atomic E-state index is 0.341. The quantitative estimate of drug-likeness (QED) is 0.723. The minimum Gasteiger partial charge on any atom is -0.396 e. The number of rotatable bonds is 3. The molecular weight excluding hydrogens is 162 g/mol. The topological polar surface area (TPSA) is 43.8 Å². The summed E-state index contributed by atoms with van der Waals surface area (Å²) >= 11 is 0. The molecule has 72 valence electrons. The summed E-state index contributed by atoms with van der Waals surface area (Å²) in [5.74, 6) is 0. The maximum absolute atomic E-state index is 5.83. The second-order valence-electron chi connectivity index (χ2n) is 3.40. The van der Waals surface area contributed by atoms with Crippen LogP contribution in [0.2, 0.25) is 0 Å². The lowest BCUT2D eigenvalue weighted by Crippen LogP contribution is -2.08. The van der Waals surface area contributed by atoms with Crippen LogP contribution in [-0.4, -0.2) is 9.78 Å². The first-order valence-electron chi connectivity index (χ1n) is 4.50. The summed E-state index contributed by atoms with van der Waals surface area (Å²) in [6.45, 7) is 9.75. The molecule has 1 aromatic heterocycles. The Labute approximate surface area is 79.2 Å². The van der Waals surface area contributed by atoms with Crippen LogP contribution in [-0.2, 0) is 0 Å². The summed E-state index contributed by atoms with van der Waals surface area (Å²) in [6.07, 6.45) is 2.82. The van der Waals surface area contributed by atoms with E-state index in [1.165, 1.54) is 0 Å². The SMILES string of the molecule is C=CCC(C)n1nc(C)c(N)c1C. The third-order valence-corrected chi connectivity index (χ3v) is 2.31. The predicted molar refractivity (Wildman–Crippen MR) is 55.6 cm³/mol. The molecule has 3 heteroatoms. The molecule has 1 unspecified atom stereocenters. The number of hydrogen-bond donors (Lipinski definition) is 1. The van der Waals surface area contributed by atoms with Crippen LogP contribution in [0.1, 0.15) is 30.8 Å². The van der Waals surface area contributed by atoms with E-state index in [2.05, 4.69) is 18.6 Å². The van der Waals surface area contributed by atoms with Gasteiger partial charge in [0, 0.05) is 0 Å². The van der Waals surface area contributed by atoms with Crippen LogP contribution in [0.4, 0.5) is 5.69 Å². The van der Waals surface area contributed by atoms with E-state index in [-0.39, 0.29) is 0 Å². The lowest BCUT2D eigenvalue weighted by atomic mass is 10.2. The normalized spacial score (nSPS) is 12.8. The Kier molecular flexibility index (Phi) is 2.76. The molecule has 13 heavy (non-hydrogen) atoms. The van der Waals surface area contributed by atoms with Crippen molar-refractivity contribution in [2.45, 2.75) is 33.2 Å². The Balaban J connectivity index is 3.00. The Morgan fingerprint density at radius 1 is 1.62 bits per heavy atom. The van der Waals surface area contributed by atoms with Gasteiger partial charge < -0.3 is 5.73 Å². The third kappa shape index (κ3) is 1.74. The molecule has 1 aromatic rings. The highest BCUT2D eigenvalue weighted by Crippen LogP contribution is 2.20. The van der Waals surface area contributed by atoms with Crippen molar-refractivity contribution in [3.63, 3.8) is 0 Å². The number of anilines is 1. The summed E-state index contributed by atoms with van der Waals surface area (Å²) in [5.41, 5.74) is 8.59. The van der Waals surface area contributed by atoms with Crippen LogP contribution in [0.25, 0.3) is 0 Å². The molecule has 3 nitrogen and oxygen atoms in total. The van der Waals surface area contributed by atoms with E-state index in [9.17, 15) is 0 Å². The average Bonchev–Trinajstić information content (AvgIpc) is 2.33. The largest absolute Gasteiger partial charge is 0.396 e. The Morgan fingerprint density at radius 2 is 2.23 bits per heavy atom. The molecule has 0 aromatic carbocycles. The van der Waals surface area contributed by atoms with Crippen molar-refractivity contribution >= 4 is 5.69 Å². The molecule has 1 rings (SSSR count). The lowest BCUT2D eigenvalue weighted by Gasteiger charge is -2.11. The van der Waals surface area contributed by atoms with Gasteiger partial charge in [0.25, 0.3) is 0 Å². The molecule has 0 saturated carbocycles. The van der Waals surface area contributed by atoms with Crippen LogP contribution in [0.15, 0.2) is 12.7 Å². The van der Waals surface area contributed by atoms with Crippen molar-refractivity contribution in [1.29, 1.82) is 0 Å². The summed E-state index contributed by atoms with van der Waals surface area (Å²) in [4.78, 5) is 0. The predicted octanol–water partition coefficient (Wildman–Crippen LogP) is 2.22. The monoisotopic (exact) mass is 179 g/mol. The van der Waals surface area contributed by atoms with Gasteiger partial charge in [-0.1, -0.05) is 6.08 Å². The number of nitrogens with zero attached hydrogens (tertiary/aromatic N) is 2. The minimum atomic E-state index is 0.341. The molecular formula is C10H17N3. The van der Waals surface area contributed by atoms with Crippen molar-refractivity contribution in [1.82, 2.24) is 9.78 Å². The van der Waals surface area contributed by atoms with E-state index in [0.29, 0.717) is 6.04 Å². The van der Waals surface area contributed by atoms with Crippen LogP contribution in [0.5, 0.6) is 0 Å². The van der Waals surface area contributed by atoms with E-state index < -0.39 is 0 Å². The molecule has 0 saturated heterocycles. The van der Waals surface area contributed by atoms with Crippen molar-refractivity contribution in [3.05, 3.63) is 24.0 Å². The van der Waals surface area contributed by atoms with E-state index in [4.69, 9.17) is 5.73 Å². The number of hydrogen-bond acceptors (Lipinski definition) is 2. The van der Waals surface area contributed by atoms with Gasteiger partial charge in [-0.25, -0.2) is 0 Å². The van der Waals surface area contributed by atoms with Gasteiger partial charge >= 0.3 is 0 Å². The zero-order valence-electron chi connectivity index (χ0n) is 8.54. The maximum atomic E-state index is 5.83. The Bertz CT molecular complexity index is 312. The fourth-order valence-electron chi connectivity index (χ4n) is 1.45. The number of allylic oxidation sites excluding steroid dienone is 1. The van der Waals surface area contributed by atoms with Crippen molar-refractivity contribution in [3.8, 4) is 0 Å². The first-order chi connectivity index (χ1) is 6.07. The zero-order chi connectivity index (χ0) is 10.0. The summed E-state index contributed by atoms with van der Waals surface area (Å²) in [7, 11) is 0. The smallest absolute Gasteiger partial charge is 0.0826 e. The maximum Gasteiger partial charge on any atom is 0.0826 e. The van der Waals surface area contributed by atoms with E-state index >= 15 is 0 Å². The zero-order valence-corrected chi connectivity index (χ0v) is 8.54. The highest BCUT2D eigenvalue weighted by Gasteiger charge is 2.11. The van der Waals surface area contributed by atoms with Gasteiger partial charge in [-0.15, -0.1) is 6.58 Å². The van der Waals surface area contributed by atoms with Crippen molar-refractivity contribution in [2.75, 3.05) is 5.73 Å². The van der Waals surface area contributed by atoms with E-state index in [1.807, 2.05) is 24.6 Å². The van der Waals surface area contributed by atoms with Crippen LogP contribution < -0.4 is 5.73 Å². The standard InChI is InChI=1S/C10H17N3/c1-5-6-7(2)13-9(4)10(11)8(3)12-13/h5,7H,1,6,11H2,2-4H3. The second-order valence-corrected chi connectivity index (χ2v) is 3.40. The molecule has 1 atom stereocenters. The van der Waals surface area contributed by atoms with Crippen LogP contribution in [0.3, 0.4) is 0 Å². The van der Waals surface area contributed by atoms with Crippen molar-refractivity contribution in [2.24, 2.45) is 0 Å². The molecule has 0 aliphatic rings. The Hall–Kier alpha value is -1.25. The molecule has 2 N–H and O–H groups in total. The van der Waals surface area contributed by atoms with Gasteiger partial charge in [-0.3, -0.25) is 4.68 Å². The highest BCUT2D eigenvalue weighted by molar-refractivity contribution is 5.46. The van der Waals surface area contributed by atoms with Crippen LogP contribution in [0, 0.1) is 13.8 Å². The fraction of sp³-hybridized carbons (Fsp3) is 0.500. The molecule has 0 aliphatic heterocycles. The highest BCUT2D eigenvalue weighted by atomic mass is 15.3. The van der Waals surface area contributed by atoms with E-state index in [1.54, 1.807) is 0 Å². The number of aromatic nitrogens is 2. The third-order valence-electron chi connectivity index (χ3n) is 2.31. The summed E-state index contributed by atoms with van der Waals surface area (Å²) in [6, 6.07) is 0.341. The van der Waals surface area contributed by atoms with Gasteiger partial charge in [0.2, 0.25) is 0 Å². The van der Waals surface area contributed by atoms with Crippen LogP contribution >= 0.6 is 0 Å². The number of aryl methyl sites for hydroxylation is 1.